The molecule has 1 aliphatic carbocycles. The van der Waals surface area contributed by atoms with Crippen LogP contribution in [0.3, 0.4) is 0 Å². The molecule has 6 rings (SSSR count). The summed E-state index contributed by atoms with van der Waals surface area (Å²) in [5.74, 6) is 0.888. The summed E-state index contributed by atoms with van der Waals surface area (Å²) in [5.41, 5.74) is 3.35. The standard InChI is InChI=1S/C27H29N5O2S/c33-24(17-19-7-9-20(10-8-19)31-11-3-4-12-31)32-15-13-30(14-16-32)18-23-28-26(34)25-21-5-1-2-6-22(21)35-27(25)29-23/h3-4,7-12H,1-2,5-6,13-18H2,(H,28,29,34). The van der Waals surface area contributed by atoms with Gasteiger partial charge >= 0.3 is 0 Å². The smallest absolute Gasteiger partial charge is 0.259 e. The van der Waals surface area contributed by atoms with Gasteiger partial charge in [0.05, 0.1) is 18.4 Å². The molecule has 1 amide bonds. The van der Waals surface area contributed by atoms with Crippen LogP contribution in [0.15, 0.2) is 53.6 Å². The molecule has 2 aliphatic rings. The van der Waals surface area contributed by atoms with Crippen molar-refractivity contribution in [2.75, 3.05) is 26.2 Å². The van der Waals surface area contributed by atoms with Crippen molar-refractivity contribution in [3.63, 3.8) is 0 Å². The molecule has 1 N–H and O–H groups in total. The molecule has 4 aromatic rings. The molecule has 1 fully saturated rings. The van der Waals surface area contributed by atoms with Crippen LogP contribution in [0.4, 0.5) is 0 Å². The Balaban J connectivity index is 1.05. The van der Waals surface area contributed by atoms with E-state index in [1.807, 2.05) is 41.6 Å². The highest BCUT2D eigenvalue weighted by molar-refractivity contribution is 7.18. The average Bonchev–Trinajstić information content (AvgIpc) is 3.53. The molecule has 8 heteroatoms. The molecule has 0 saturated carbocycles. The van der Waals surface area contributed by atoms with Gasteiger partial charge in [0.2, 0.25) is 5.91 Å². The molecule has 3 aromatic heterocycles. The zero-order chi connectivity index (χ0) is 23.8. The molecule has 1 aliphatic heterocycles. The first-order valence-corrected chi connectivity index (χ1v) is 13.2. The number of aryl methyl sites for hydroxylation is 2. The van der Waals surface area contributed by atoms with Gasteiger partial charge in [-0.1, -0.05) is 12.1 Å². The first kappa shape index (κ1) is 22.2. The Hall–Kier alpha value is -3.23. The third kappa shape index (κ3) is 4.56. The van der Waals surface area contributed by atoms with E-state index in [0.717, 1.165) is 59.6 Å². The van der Waals surface area contributed by atoms with Gasteiger partial charge in [0.25, 0.3) is 5.56 Å². The van der Waals surface area contributed by atoms with Crippen molar-refractivity contribution in [3.05, 3.63) is 81.0 Å². The topological polar surface area (TPSA) is 74.2 Å². The van der Waals surface area contributed by atoms with Gasteiger partial charge in [-0.05, 0) is 61.1 Å². The predicted octanol–water partition coefficient (Wildman–Crippen LogP) is 3.54. The first-order chi connectivity index (χ1) is 17.1. The zero-order valence-electron chi connectivity index (χ0n) is 19.7. The molecule has 0 spiro atoms. The molecular formula is C27H29N5O2S. The molecule has 1 saturated heterocycles. The van der Waals surface area contributed by atoms with E-state index in [-0.39, 0.29) is 11.5 Å². The van der Waals surface area contributed by atoms with E-state index < -0.39 is 0 Å². The van der Waals surface area contributed by atoms with E-state index in [0.29, 0.717) is 26.1 Å². The number of rotatable bonds is 5. The Morgan fingerprint density at radius 1 is 1.00 bits per heavy atom. The first-order valence-electron chi connectivity index (χ1n) is 12.4. The summed E-state index contributed by atoms with van der Waals surface area (Å²) in [4.78, 5) is 40.0. The Kier molecular flexibility index (Phi) is 6.00. The number of hydrogen-bond acceptors (Lipinski definition) is 5. The van der Waals surface area contributed by atoms with Crippen LogP contribution >= 0.6 is 11.3 Å². The number of nitrogens with one attached hydrogen (secondary N) is 1. The largest absolute Gasteiger partial charge is 0.340 e. The van der Waals surface area contributed by atoms with Crippen molar-refractivity contribution in [2.24, 2.45) is 0 Å². The number of amides is 1. The normalized spacial score (nSPS) is 16.5. The number of benzene rings is 1. The quantitative estimate of drug-likeness (QED) is 0.467. The highest BCUT2D eigenvalue weighted by Gasteiger charge is 2.23. The number of fused-ring (bicyclic) bond motifs is 3. The molecule has 35 heavy (non-hydrogen) atoms. The van der Waals surface area contributed by atoms with Crippen LogP contribution in [0.2, 0.25) is 0 Å². The minimum absolute atomic E-state index is 0.000933. The van der Waals surface area contributed by atoms with Crippen LogP contribution in [-0.4, -0.2) is 56.4 Å². The van der Waals surface area contributed by atoms with Gasteiger partial charge in [-0.3, -0.25) is 14.5 Å². The lowest BCUT2D eigenvalue weighted by Crippen LogP contribution is -2.49. The molecule has 4 heterocycles. The van der Waals surface area contributed by atoms with Crippen molar-refractivity contribution in [1.82, 2.24) is 24.3 Å². The molecule has 7 nitrogen and oxygen atoms in total. The summed E-state index contributed by atoms with van der Waals surface area (Å²) in [7, 11) is 0. The second-order valence-corrected chi connectivity index (χ2v) is 10.6. The average molecular weight is 488 g/mol. The molecule has 0 atom stereocenters. The number of aromatic nitrogens is 3. The number of thiophene rings is 1. The number of carbonyl (C=O) groups is 1. The molecule has 0 unspecified atom stereocenters. The van der Waals surface area contributed by atoms with Crippen molar-refractivity contribution >= 4 is 27.5 Å². The van der Waals surface area contributed by atoms with E-state index in [1.54, 1.807) is 11.3 Å². The van der Waals surface area contributed by atoms with Crippen molar-refractivity contribution in [3.8, 4) is 5.69 Å². The minimum Gasteiger partial charge on any atom is -0.340 e. The monoisotopic (exact) mass is 487 g/mol. The molecule has 1 aromatic carbocycles. The maximum Gasteiger partial charge on any atom is 0.259 e. The molecular weight excluding hydrogens is 458 g/mol. The Bertz CT molecular complexity index is 1400. The number of nitrogens with zero attached hydrogens (tertiary/aromatic N) is 4. The van der Waals surface area contributed by atoms with Gasteiger partial charge in [-0.25, -0.2) is 4.98 Å². The van der Waals surface area contributed by atoms with Crippen molar-refractivity contribution in [2.45, 2.75) is 38.6 Å². The van der Waals surface area contributed by atoms with Crippen LogP contribution in [0.1, 0.15) is 34.7 Å². The van der Waals surface area contributed by atoms with Crippen LogP contribution in [0.25, 0.3) is 15.9 Å². The van der Waals surface area contributed by atoms with E-state index >= 15 is 0 Å². The highest BCUT2D eigenvalue weighted by atomic mass is 32.1. The van der Waals surface area contributed by atoms with Gasteiger partial charge in [0.1, 0.15) is 10.7 Å². The fourth-order valence-electron chi connectivity index (χ4n) is 5.23. The van der Waals surface area contributed by atoms with Gasteiger partial charge < -0.3 is 14.5 Å². The lowest BCUT2D eigenvalue weighted by molar-refractivity contribution is -0.132. The van der Waals surface area contributed by atoms with E-state index in [2.05, 4.69) is 26.6 Å². The van der Waals surface area contributed by atoms with Crippen molar-refractivity contribution in [1.29, 1.82) is 0 Å². The number of aromatic amines is 1. The third-order valence-corrected chi connectivity index (χ3v) is 8.35. The summed E-state index contributed by atoms with van der Waals surface area (Å²) in [6.07, 6.45) is 8.85. The number of carbonyl (C=O) groups excluding carboxylic acids is 1. The molecule has 0 bridgehead atoms. The van der Waals surface area contributed by atoms with E-state index in [1.165, 1.54) is 16.9 Å². The van der Waals surface area contributed by atoms with Crippen molar-refractivity contribution < 1.29 is 4.79 Å². The molecule has 180 valence electrons. The lowest BCUT2D eigenvalue weighted by atomic mass is 9.97. The van der Waals surface area contributed by atoms with E-state index in [4.69, 9.17) is 4.98 Å². The highest BCUT2D eigenvalue weighted by Crippen LogP contribution is 2.33. The number of hydrogen-bond donors (Lipinski definition) is 1. The second-order valence-electron chi connectivity index (χ2n) is 9.49. The Morgan fingerprint density at radius 3 is 2.51 bits per heavy atom. The summed E-state index contributed by atoms with van der Waals surface area (Å²) >= 11 is 1.69. The van der Waals surface area contributed by atoms with Crippen LogP contribution in [0.5, 0.6) is 0 Å². The molecule has 0 radical (unpaired) electrons. The van der Waals surface area contributed by atoms with Gasteiger partial charge in [-0.15, -0.1) is 11.3 Å². The van der Waals surface area contributed by atoms with Crippen LogP contribution < -0.4 is 5.56 Å². The Morgan fingerprint density at radius 2 is 1.74 bits per heavy atom. The lowest BCUT2D eigenvalue weighted by Gasteiger charge is -2.34. The van der Waals surface area contributed by atoms with Gasteiger partial charge in [0.15, 0.2) is 0 Å². The fourth-order valence-corrected chi connectivity index (χ4v) is 6.51. The van der Waals surface area contributed by atoms with Crippen LogP contribution in [-0.2, 0) is 30.6 Å². The maximum absolute atomic E-state index is 12.9. The predicted molar refractivity (Wildman–Crippen MR) is 138 cm³/mol. The fraction of sp³-hybridized carbons (Fsp3) is 0.370. The van der Waals surface area contributed by atoms with E-state index in [9.17, 15) is 9.59 Å². The summed E-state index contributed by atoms with van der Waals surface area (Å²) in [6, 6.07) is 12.2. The maximum atomic E-state index is 12.9. The summed E-state index contributed by atoms with van der Waals surface area (Å²) in [5, 5.41) is 0.810. The minimum atomic E-state index is 0.000933. The summed E-state index contributed by atoms with van der Waals surface area (Å²) < 4.78 is 2.05. The number of piperazine rings is 1. The zero-order valence-corrected chi connectivity index (χ0v) is 20.5. The van der Waals surface area contributed by atoms with Gasteiger partial charge in [-0.2, -0.15) is 0 Å². The van der Waals surface area contributed by atoms with Crippen LogP contribution in [0, 0.1) is 0 Å². The second kappa shape index (κ2) is 9.43. The third-order valence-electron chi connectivity index (χ3n) is 7.17. The summed E-state index contributed by atoms with van der Waals surface area (Å²) in [6.45, 7) is 3.55. The Labute approximate surface area is 208 Å². The number of H-pyrrole nitrogens is 1. The van der Waals surface area contributed by atoms with Gasteiger partial charge in [0, 0.05) is 49.1 Å². The SMILES string of the molecule is O=C(Cc1ccc(-n2cccc2)cc1)N1CCN(Cc2nc3sc4c(c3c(=O)[nH]2)CCCC4)CC1.